The van der Waals surface area contributed by atoms with Crippen molar-refractivity contribution in [1.82, 2.24) is 4.98 Å². The van der Waals surface area contributed by atoms with Gasteiger partial charge in [0.05, 0.1) is 0 Å². The van der Waals surface area contributed by atoms with E-state index in [4.69, 9.17) is 5.73 Å². The van der Waals surface area contributed by atoms with Gasteiger partial charge in [0.25, 0.3) is 0 Å². The van der Waals surface area contributed by atoms with E-state index in [9.17, 15) is 0 Å². The number of hydrogen-bond donors (Lipinski definition) is 2. The Labute approximate surface area is 103 Å². The Morgan fingerprint density at radius 2 is 2.06 bits per heavy atom. The highest BCUT2D eigenvalue weighted by atomic mass is 35.5. The Hall–Kier alpha value is -0.990. The van der Waals surface area contributed by atoms with Crippen molar-refractivity contribution >= 4 is 23.3 Å². The quantitative estimate of drug-likeness (QED) is 0.847. The minimum Gasteiger partial charge on any atom is -0.361 e. The van der Waals surface area contributed by atoms with Crippen LogP contribution in [0.4, 0.5) is 0 Å². The van der Waals surface area contributed by atoms with Crippen molar-refractivity contribution in [3.05, 3.63) is 35.5 Å². The molecule has 2 rings (SSSR count). The van der Waals surface area contributed by atoms with Gasteiger partial charge in [-0.05, 0) is 42.1 Å². The molecule has 0 aliphatic carbocycles. The summed E-state index contributed by atoms with van der Waals surface area (Å²) in [7, 11) is 0. The van der Waals surface area contributed by atoms with Crippen molar-refractivity contribution in [3.8, 4) is 0 Å². The van der Waals surface area contributed by atoms with Gasteiger partial charge in [0.15, 0.2) is 0 Å². The van der Waals surface area contributed by atoms with Crippen LogP contribution in [-0.2, 0) is 6.42 Å². The van der Waals surface area contributed by atoms with Crippen LogP contribution in [-0.4, -0.2) is 11.5 Å². The molecule has 0 aliphatic heterocycles. The first-order valence-corrected chi connectivity index (χ1v) is 5.52. The highest BCUT2D eigenvalue weighted by Gasteiger charge is 2.05. The molecule has 1 aromatic heterocycles. The van der Waals surface area contributed by atoms with Gasteiger partial charge in [-0.15, -0.1) is 12.4 Å². The first-order chi connectivity index (χ1) is 7.22. The maximum Gasteiger partial charge on any atom is 0.0456 e. The standard InChI is InChI=1S/C13H18N2.ClH/c1-9(2)10-3-4-13-12(7-10)11(5-6-14)8-15-13;/h3-4,7-9,15H,5-6,14H2,1-2H3;1H. The van der Waals surface area contributed by atoms with E-state index in [0.717, 1.165) is 6.42 Å². The fraction of sp³-hybridized carbons (Fsp3) is 0.385. The third kappa shape index (κ3) is 2.39. The smallest absolute Gasteiger partial charge is 0.0456 e. The minimum absolute atomic E-state index is 0. The summed E-state index contributed by atoms with van der Waals surface area (Å²) in [5, 5.41) is 1.33. The summed E-state index contributed by atoms with van der Waals surface area (Å²) in [6, 6.07) is 6.63. The molecule has 0 fully saturated rings. The molecule has 3 heteroatoms. The largest absolute Gasteiger partial charge is 0.361 e. The molecule has 1 heterocycles. The van der Waals surface area contributed by atoms with E-state index in [1.54, 1.807) is 0 Å². The normalized spacial score (nSPS) is 10.8. The van der Waals surface area contributed by atoms with Gasteiger partial charge in [-0.3, -0.25) is 0 Å². The summed E-state index contributed by atoms with van der Waals surface area (Å²) in [6.45, 7) is 5.14. The summed E-state index contributed by atoms with van der Waals surface area (Å²) < 4.78 is 0. The SMILES string of the molecule is CC(C)c1ccc2[nH]cc(CCN)c2c1.Cl. The number of halogens is 1. The lowest BCUT2D eigenvalue weighted by Crippen LogP contribution is -2.01. The van der Waals surface area contributed by atoms with Crippen LogP contribution >= 0.6 is 12.4 Å². The van der Waals surface area contributed by atoms with Crippen LogP contribution in [0.5, 0.6) is 0 Å². The van der Waals surface area contributed by atoms with Crippen molar-refractivity contribution in [1.29, 1.82) is 0 Å². The molecule has 88 valence electrons. The summed E-state index contributed by atoms with van der Waals surface area (Å²) >= 11 is 0. The first-order valence-electron chi connectivity index (χ1n) is 5.52. The zero-order valence-electron chi connectivity index (χ0n) is 9.79. The summed E-state index contributed by atoms with van der Waals surface area (Å²) in [6.07, 6.45) is 3.02. The van der Waals surface area contributed by atoms with Crippen LogP contribution in [0.2, 0.25) is 0 Å². The molecule has 3 N–H and O–H groups in total. The maximum absolute atomic E-state index is 5.59. The topological polar surface area (TPSA) is 41.8 Å². The lowest BCUT2D eigenvalue weighted by Gasteiger charge is -2.05. The zero-order chi connectivity index (χ0) is 10.8. The monoisotopic (exact) mass is 238 g/mol. The molecule has 16 heavy (non-hydrogen) atoms. The number of fused-ring (bicyclic) bond motifs is 1. The van der Waals surface area contributed by atoms with Gasteiger partial charge in [0.1, 0.15) is 0 Å². The average Bonchev–Trinajstić information content (AvgIpc) is 2.61. The number of hydrogen-bond acceptors (Lipinski definition) is 1. The molecule has 2 aromatic rings. The van der Waals surface area contributed by atoms with Gasteiger partial charge in [-0.1, -0.05) is 19.9 Å². The minimum atomic E-state index is 0. The molecule has 0 saturated carbocycles. The van der Waals surface area contributed by atoms with Crippen molar-refractivity contribution < 1.29 is 0 Å². The molecule has 0 atom stereocenters. The Kier molecular flexibility index (Phi) is 4.39. The Balaban J connectivity index is 0.00000128. The van der Waals surface area contributed by atoms with Crippen LogP contribution in [0.15, 0.2) is 24.4 Å². The van der Waals surface area contributed by atoms with Gasteiger partial charge < -0.3 is 10.7 Å². The number of nitrogens with one attached hydrogen (secondary N) is 1. The molecule has 0 spiro atoms. The fourth-order valence-corrected chi connectivity index (χ4v) is 1.92. The van der Waals surface area contributed by atoms with Crippen molar-refractivity contribution in [3.63, 3.8) is 0 Å². The fourth-order valence-electron chi connectivity index (χ4n) is 1.92. The highest BCUT2D eigenvalue weighted by molar-refractivity contribution is 5.85. The molecule has 0 aliphatic rings. The number of benzene rings is 1. The van der Waals surface area contributed by atoms with Gasteiger partial charge in [0.2, 0.25) is 0 Å². The Morgan fingerprint density at radius 3 is 2.69 bits per heavy atom. The van der Waals surface area contributed by atoms with Gasteiger partial charge in [-0.25, -0.2) is 0 Å². The highest BCUT2D eigenvalue weighted by Crippen LogP contribution is 2.23. The molecule has 0 bridgehead atoms. The second-order valence-corrected chi connectivity index (χ2v) is 4.31. The number of H-pyrrole nitrogens is 1. The summed E-state index contributed by atoms with van der Waals surface area (Å²) in [5.74, 6) is 0.579. The lowest BCUT2D eigenvalue weighted by molar-refractivity contribution is 0.868. The van der Waals surface area contributed by atoms with Crippen LogP contribution in [0, 0.1) is 0 Å². The van der Waals surface area contributed by atoms with Crippen molar-refractivity contribution in [2.45, 2.75) is 26.2 Å². The number of rotatable bonds is 3. The molecule has 2 nitrogen and oxygen atoms in total. The number of nitrogens with two attached hydrogens (primary N) is 1. The van der Waals surface area contributed by atoms with E-state index < -0.39 is 0 Å². The predicted octanol–water partition coefficient (Wildman–Crippen LogP) is 3.21. The second kappa shape index (κ2) is 5.37. The molecule has 0 unspecified atom stereocenters. The van der Waals surface area contributed by atoms with Crippen LogP contribution in [0.25, 0.3) is 10.9 Å². The number of aromatic amines is 1. The molecule has 0 saturated heterocycles. The van der Waals surface area contributed by atoms with Gasteiger partial charge in [0, 0.05) is 17.1 Å². The molecule has 1 aromatic carbocycles. The maximum atomic E-state index is 5.59. The molecule has 0 amide bonds. The van der Waals surface area contributed by atoms with Crippen LogP contribution < -0.4 is 5.73 Å². The second-order valence-electron chi connectivity index (χ2n) is 4.31. The van der Waals surface area contributed by atoms with E-state index in [1.807, 2.05) is 0 Å². The lowest BCUT2D eigenvalue weighted by atomic mass is 10.00. The predicted molar refractivity (Wildman–Crippen MR) is 72.4 cm³/mol. The summed E-state index contributed by atoms with van der Waals surface area (Å²) in [4.78, 5) is 3.28. The zero-order valence-corrected chi connectivity index (χ0v) is 10.6. The van der Waals surface area contributed by atoms with E-state index in [0.29, 0.717) is 12.5 Å². The van der Waals surface area contributed by atoms with Crippen molar-refractivity contribution in [2.75, 3.05) is 6.54 Å². The van der Waals surface area contributed by atoms with Gasteiger partial charge in [-0.2, -0.15) is 0 Å². The van der Waals surface area contributed by atoms with Crippen LogP contribution in [0.1, 0.15) is 30.9 Å². The average molecular weight is 239 g/mol. The molecular weight excluding hydrogens is 220 g/mol. The third-order valence-electron chi connectivity index (χ3n) is 2.87. The Bertz CT molecular complexity index is 460. The van der Waals surface area contributed by atoms with E-state index in [1.165, 1.54) is 22.0 Å². The third-order valence-corrected chi connectivity index (χ3v) is 2.87. The van der Waals surface area contributed by atoms with Crippen molar-refractivity contribution in [2.24, 2.45) is 5.73 Å². The van der Waals surface area contributed by atoms with E-state index in [2.05, 4.69) is 43.2 Å². The van der Waals surface area contributed by atoms with E-state index >= 15 is 0 Å². The molecular formula is C13H19ClN2. The Morgan fingerprint density at radius 1 is 1.31 bits per heavy atom. The molecule has 0 radical (unpaired) electrons. The first kappa shape index (κ1) is 13.1. The van der Waals surface area contributed by atoms with Gasteiger partial charge >= 0.3 is 0 Å². The van der Waals surface area contributed by atoms with E-state index in [-0.39, 0.29) is 12.4 Å². The number of aromatic nitrogens is 1. The van der Waals surface area contributed by atoms with Crippen LogP contribution in [0.3, 0.4) is 0 Å². The summed E-state index contributed by atoms with van der Waals surface area (Å²) in [5.41, 5.74) is 9.52.